The second-order valence-corrected chi connectivity index (χ2v) is 5.89. The van der Waals surface area contributed by atoms with Crippen molar-refractivity contribution in [3.05, 3.63) is 40.3 Å². The third-order valence-electron chi connectivity index (χ3n) is 2.20. The first-order valence-electron chi connectivity index (χ1n) is 5.43. The molecule has 1 aromatic carbocycles. The van der Waals surface area contributed by atoms with E-state index in [0.29, 0.717) is 6.54 Å². The number of aryl methyl sites for hydroxylation is 1. The first-order valence-corrected chi connectivity index (χ1v) is 7.13. The normalized spacial score (nSPS) is 11.6. The van der Waals surface area contributed by atoms with Crippen LogP contribution in [-0.2, 0) is 6.54 Å². The molecule has 102 valence electrons. The van der Waals surface area contributed by atoms with Crippen LogP contribution >= 0.6 is 23.1 Å². The highest BCUT2D eigenvalue weighted by molar-refractivity contribution is 8.00. The van der Waals surface area contributed by atoms with Crippen LogP contribution in [0.15, 0.2) is 34.5 Å². The van der Waals surface area contributed by atoms with Gasteiger partial charge in [-0.1, -0.05) is 0 Å². The zero-order valence-electron chi connectivity index (χ0n) is 9.99. The summed E-state index contributed by atoms with van der Waals surface area (Å²) < 4.78 is 36.5. The van der Waals surface area contributed by atoms with Crippen molar-refractivity contribution in [1.82, 2.24) is 4.98 Å². The van der Waals surface area contributed by atoms with E-state index in [1.54, 1.807) is 23.5 Å². The molecule has 0 atom stereocenters. The fraction of sp³-hybridized carbons (Fsp3) is 0.250. The highest BCUT2D eigenvalue weighted by atomic mass is 32.2. The van der Waals surface area contributed by atoms with Crippen LogP contribution in [0.2, 0.25) is 0 Å². The van der Waals surface area contributed by atoms with Gasteiger partial charge in [-0.25, -0.2) is 4.98 Å². The maximum Gasteiger partial charge on any atom is 0.446 e. The smallest absolute Gasteiger partial charge is 0.379 e. The predicted octanol–water partition coefficient (Wildman–Crippen LogP) is 4.68. The van der Waals surface area contributed by atoms with Crippen molar-refractivity contribution in [2.45, 2.75) is 23.9 Å². The lowest BCUT2D eigenvalue weighted by Crippen LogP contribution is -2.00. The zero-order chi connectivity index (χ0) is 13.9. The molecule has 0 aliphatic carbocycles. The fourth-order valence-electron chi connectivity index (χ4n) is 1.44. The summed E-state index contributed by atoms with van der Waals surface area (Å²) >= 11 is 1.44. The average molecular weight is 304 g/mol. The summed E-state index contributed by atoms with van der Waals surface area (Å²) in [4.78, 5) is 4.48. The molecule has 0 saturated heterocycles. The summed E-state index contributed by atoms with van der Waals surface area (Å²) in [7, 11) is 0. The number of alkyl halides is 3. The summed E-state index contributed by atoms with van der Waals surface area (Å²) in [6.45, 7) is 2.49. The molecule has 7 heteroatoms. The minimum Gasteiger partial charge on any atom is -0.379 e. The largest absolute Gasteiger partial charge is 0.446 e. The topological polar surface area (TPSA) is 24.9 Å². The van der Waals surface area contributed by atoms with E-state index in [0.717, 1.165) is 16.4 Å². The molecule has 0 unspecified atom stereocenters. The second kappa shape index (κ2) is 5.83. The van der Waals surface area contributed by atoms with E-state index in [4.69, 9.17) is 0 Å². The monoisotopic (exact) mass is 304 g/mol. The van der Waals surface area contributed by atoms with Gasteiger partial charge in [0, 0.05) is 21.7 Å². The molecule has 0 radical (unpaired) electrons. The molecule has 1 heterocycles. The molecule has 0 bridgehead atoms. The van der Waals surface area contributed by atoms with Gasteiger partial charge in [-0.2, -0.15) is 13.2 Å². The Labute approximate surface area is 117 Å². The minimum absolute atomic E-state index is 0.111. The van der Waals surface area contributed by atoms with E-state index >= 15 is 0 Å². The number of thiazole rings is 1. The molecule has 0 fully saturated rings. The molecule has 0 amide bonds. The van der Waals surface area contributed by atoms with Crippen LogP contribution in [0, 0.1) is 6.92 Å². The Balaban J connectivity index is 1.91. The van der Waals surface area contributed by atoms with Crippen LogP contribution in [0.3, 0.4) is 0 Å². The van der Waals surface area contributed by atoms with Gasteiger partial charge in [-0.05, 0) is 43.0 Å². The fourth-order valence-corrected chi connectivity index (χ4v) is 2.69. The molecule has 2 nitrogen and oxygen atoms in total. The van der Waals surface area contributed by atoms with Crippen LogP contribution in [0.1, 0.15) is 10.7 Å². The Kier molecular flexibility index (Phi) is 4.36. The van der Waals surface area contributed by atoms with E-state index in [1.165, 1.54) is 12.1 Å². The number of aromatic nitrogens is 1. The number of benzene rings is 1. The molecule has 2 aromatic rings. The lowest BCUT2D eigenvalue weighted by atomic mass is 10.3. The van der Waals surface area contributed by atoms with Gasteiger partial charge in [-0.15, -0.1) is 11.3 Å². The zero-order valence-corrected chi connectivity index (χ0v) is 11.6. The second-order valence-electron chi connectivity index (χ2n) is 3.81. The van der Waals surface area contributed by atoms with Crippen molar-refractivity contribution in [1.29, 1.82) is 0 Å². The van der Waals surface area contributed by atoms with Gasteiger partial charge in [0.1, 0.15) is 5.01 Å². The van der Waals surface area contributed by atoms with Gasteiger partial charge >= 0.3 is 5.51 Å². The maximum atomic E-state index is 12.2. The van der Waals surface area contributed by atoms with E-state index in [1.807, 2.05) is 12.3 Å². The molecule has 0 aliphatic heterocycles. The number of anilines is 1. The van der Waals surface area contributed by atoms with E-state index in [9.17, 15) is 13.2 Å². The van der Waals surface area contributed by atoms with Crippen molar-refractivity contribution in [3.63, 3.8) is 0 Å². The molecule has 0 spiro atoms. The minimum atomic E-state index is -4.24. The van der Waals surface area contributed by atoms with E-state index < -0.39 is 5.51 Å². The van der Waals surface area contributed by atoms with E-state index in [2.05, 4.69) is 10.3 Å². The Hall–Kier alpha value is -1.21. The van der Waals surface area contributed by atoms with Crippen molar-refractivity contribution >= 4 is 28.8 Å². The van der Waals surface area contributed by atoms with Crippen molar-refractivity contribution in [2.75, 3.05) is 5.32 Å². The summed E-state index contributed by atoms with van der Waals surface area (Å²) in [5.41, 5.74) is -2.49. The van der Waals surface area contributed by atoms with Crippen LogP contribution in [0.25, 0.3) is 0 Å². The van der Waals surface area contributed by atoms with Crippen molar-refractivity contribution in [3.8, 4) is 0 Å². The first kappa shape index (κ1) is 14.2. The van der Waals surface area contributed by atoms with Crippen LogP contribution in [-0.4, -0.2) is 10.5 Å². The standard InChI is InChI=1S/C12H11F3N2S2/c1-8-7-18-11(17-8)6-16-9-2-4-10(5-3-9)19-12(13,14)15/h2-5,7,16H,6H2,1H3. The van der Waals surface area contributed by atoms with Gasteiger partial charge in [0.25, 0.3) is 0 Å². The van der Waals surface area contributed by atoms with Crippen molar-refractivity contribution in [2.24, 2.45) is 0 Å². The molecular weight excluding hydrogens is 293 g/mol. The SMILES string of the molecule is Cc1csc(CNc2ccc(SC(F)(F)F)cc2)n1. The van der Waals surface area contributed by atoms with Crippen LogP contribution < -0.4 is 5.32 Å². The number of nitrogens with zero attached hydrogens (tertiary/aromatic N) is 1. The number of hydrogen-bond donors (Lipinski definition) is 1. The molecule has 0 aliphatic rings. The Bertz CT molecular complexity index is 535. The molecule has 19 heavy (non-hydrogen) atoms. The highest BCUT2D eigenvalue weighted by Crippen LogP contribution is 2.37. The number of halogens is 3. The van der Waals surface area contributed by atoms with Crippen LogP contribution in [0.5, 0.6) is 0 Å². The molecular formula is C12H11F3N2S2. The van der Waals surface area contributed by atoms with Crippen molar-refractivity contribution < 1.29 is 13.2 Å². The average Bonchev–Trinajstić information content (AvgIpc) is 2.72. The summed E-state index contributed by atoms with van der Waals surface area (Å²) in [5, 5.41) is 6.03. The Morgan fingerprint density at radius 3 is 2.47 bits per heavy atom. The number of nitrogens with one attached hydrogen (secondary N) is 1. The molecule has 2 rings (SSSR count). The Morgan fingerprint density at radius 2 is 1.95 bits per heavy atom. The predicted molar refractivity (Wildman–Crippen MR) is 72.5 cm³/mol. The van der Waals surface area contributed by atoms with E-state index in [-0.39, 0.29) is 16.7 Å². The van der Waals surface area contributed by atoms with Gasteiger partial charge in [0.05, 0.1) is 6.54 Å². The summed E-state index contributed by atoms with van der Waals surface area (Å²) in [6, 6.07) is 6.17. The Morgan fingerprint density at radius 1 is 1.26 bits per heavy atom. The third-order valence-corrected chi connectivity index (χ3v) is 3.90. The first-order chi connectivity index (χ1) is 8.92. The quantitative estimate of drug-likeness (QED) is 0.831. The summed E-state index contributed by atoms with van der Waals surface area (Å²) in [5.74, 6) is 0. The van der Waals surface area contributed by atoms with Gasteiger partial charge in [-0.3, -0.25) is 0 Å². The molecule has 1 aromatic heterocycles. The highest BCUT2D eigenvalue weighted by Gasteiger charge is 2.28. The van der Waals surface area contributed by atoms with Crippen LogP contribution in [0.4, 0.5) is 18.9 Å². The summed E-state index contributed by atoms with van der Waals surface area (Å²) in [6.07, 6.45) is 0. The number of hydrogen-bond acceptors (Lipinski definition) is 4. The van der Waals surface area contributed by atoms with Gasteiger partial charge < -0.3 is 5.32 Å². The van der Waals surface area contributed by atoms with Gasteiger partial charge in [0.15, 0.2) is 0 Å². The lowest BCUT2D eigenvalue weighted by Gasteiger charge is -2.07. The maximum absolute atomic E-state index is 12.2. The lowest BCUT2D eigenvalue weighted by molar-refractivity contribution is -0.0328. The molecule has 0 saturated carbocycles. The number of rotatable bonds is 4. The molecule has 1 N–H and O–H groups in total. The number of thioether (sulfide) groups is 1. The van der Waals surface area contributed by atoms with Gasteiger partial charge in [0.2, 0.25) is 0 Å². The third kappa shape index (κ3) is 4.76.